The molecule has 0 amide bonds. The molecule has 1 aliphatic rings. The van der Waals surface area contributed by atoms with Crippen LogP contribution in [0.1, 0.15) is 17.2 Å². The zero-order chi connectivity index (χ0) is 28.1. The number of aromatic nitrogens is 3. The van der Waals surface area contributed by atoms with E-state index in [0.29, 0.717) is 6.61 Å². The zero-order valence-electron chi connectivity index (χ0n) is 21.6. The summed E-state index contributed by atoms with van der Waals surface area (Å²) in [7, 11) is 1.41. The summed E-state index contributed by atoms with van der Waals surface area (Å²) in [6.07, 6.45) is -2.37. The average Bonchev–Trinajstić information content (AvgIpc) is 3.46. The number of rotatable bonds is 10. The normalized spacial score (nSPS) is 22.9. The van der Waals surface area contributed by atoms with E-state index in [1.165, 1.54) is 18.0 Å². The van der Waals surface area contributed by atoms with Gasteiger partial charge in [-0.1, -0.05) is 65.9 Å². The van der Waals surface area contributed by atoms with E-state index >= 15 is 0 Å². The van der Waals surface area contributed by atoms with Crippen LogP contribution in [0.15, 0.2) is 79.0 Å². The first kappa shape index (κ1) is 27.9. The molecule has 11 heteroatoms. The fourth-order valence-corrected chi connectivity index (χ4v) is 4.70. The molecule has 2 heterocycles. The van der Waals surface area contributed by atoms with Crippen LogP contribution in [-0.4, -0.2) is 58.4 Å². The first-order valence-electron chi connectivity index (χ1n) is 12.6. The highest BCUT2D eigenvalue weighted by Gasteiger charge is 2.48. The highest BCUT2D eigenvalue weighted by molar-refractivity contribution is 5.57. The van der Waals surface area contributed by atoms with Crippen molar-refractivity contribution in [3.63, 3.8) is 0 Å². The van der Waals surface area contributed by atoms with E-state index in [-0.39, 0.29) is 24.5 Å². The first-order valence-corrected chi connectivity index (χ1v) is 12.6. The molecule has 1 saturated heterocycles. The van der Waals surface area contributed by atoms with Gasteiger partial charge in [-0.25, -0.2) is 17.9 Å². The topological polar surface area (TPSA) is 87.9 Å². The van der Waals surface area contributed by atoms with Gasteiger partial charge < -0.3 is 24.1 Å². The monoisotopic (exact) mass is 555 g/mol. The summed E-state index contributed by atoms with van der Waals surface area (Å²) in [5.41, 5.74) is 1.95. The van der Waals surface area contributed by atoms with Gasteiger partial charge in [0.15, 0.2) is 23.7 Å². The quantitative estimate of drug-likeness (QED) is 0.290. The van der Waals surface area contributed by atoms with E-state index in [1.807, 2.05) is 60.7 Å². The molecule has 1 aliphatic heterocycles. The van der Waals surface area contributed by atoms with Gasteiger partial charge in [-0.05, 0) is 23.3 Å². The number of halogens is 3. The summed E-state index contributed by atoms with van der Waals surface area (Å²) in [6, 6.07) is 20.0. The van der Waals surface area contributed by atoms with Crippen molar-refractivity contribution in [2.75, 3.05) is 13.7 Å². The van der Waals surface area contributed by atoms with Crippen molar-refractivity contribution in [1.29, 1.82) is 0 Å². The summed E-state index contributed by atoms with van der Waals surface area (Å²) in [5, 5.41) is 19.1. The van der Waals surface area contributed by atoms with Crippen molar-refractivity contribution in [3.05, 3.63) is 108 Å². The number of aliphatic hydroxyl groups excluding tert-OH is 1. The molecule has 5 rings (SSSR count). The Hall–Kier alpha value is -3.61. The second-order valence-corrected chi connectivity index (χ2v) is 9.36. The Morgan fingerprint density at radius 1 is 0.900 bits per heavy atom. The predicted molar refractivity (Wildman–Crippen MR) is 137 cm³/mol. The Kier molecular flexibility index (Phi) is 8.88. The molecule has 1 N–H and O–H groups in total. The van der Waals surface area contributed by atoms with E-state index in [2.05, 4.69) is 10.3 Å². The van der Waals surface area contributed by atoms with Gasteiger partial charge in [0.05, 0.1) is 26.0 Å². The van der Waals surface area contributed by atoms with Gasteiger partial charge in [0.25, 0.3) is 0 Å². The number of hydrogen-bond donors (Lipinski definition) is 1. The van der Waals surface area contributed by atoms with E-state index in [0.717, 1.165) is 23.3 Å². The van der Waals surface area contributed by atoms with Crippen LogP contribution in [-0.2, 0) is 32.2 Å². The lowest BCUT2D eigenvalue weighted by molar-refractivity contribution is -0.287. The van der Waals surface area contributed by atoms with Crippen LogP contribution in [0.25, 0.3) is 11.3 Å². The average molecular weight is 556 g/mol. The van der Waals surface area contributed by atoms with E-state index in [9.17, 15) is 18.3 Å². The highest BCUT2D eigenvalue weighted by atomic mass is 19.2. The highest BCUT2D eigenvalue weighted by Crippen LogP contribution is 2.35. The lowest BCUT2D eigenvalue weighted by Gasteiger charge is -2.44. The Bertz CT molecular complexity index is 1370. The lowest BCUT2D eigenvalue weighted by Crippen LogP contribution is -2.57. The van der Waals surface area contributed by atoms with Gasteiger partial charge in [-0.3, -0.25) is 0 Å². The van der Waals surface area contributed by atoms with Crippen LogP contribution in [0.2, 0.25) is 0 Å². The maximum absolute atomic E-state index is 13.9. The minimum absolute atomic E-state index is 0.00581. The van der Waals surface area contributed by atoms with Crippen LogP contribution in [0, 0.1) is 17.5 Å². The molecule has 3 unspecified atom stereocenters. The van der Waals surface area contributed by atoms with Crippen molar-refractivity contribution in [3.8, 4) is 11.3 Å². The van der Waals surface area contributed by atoms with E-state index < -0.39 is 48.1 Å². The smallest absolute Gasteiger partial charge is 0.194 e. The minimum Gasteiger partial charge on any atom is -0.374 e. The number of methoxy groups -OCH3 is 1. The van der Waals surface area contributed by atoms with Crippen LogP contribution in [0.4, 0.5) is 13.2 Å². The summed E-state index contributed by atoms with van der Waals surface area (Å²) in [6.45, 7) is 0.604. The first-order chi connectivity index (χ1) is 19.4. The molecule has 0 radical (unpaired) electrons. The van der Waals surface area contributed by atoms with Crippen molar-refractivity contribution in [2.45, 2.75) is 43.9 Å². The van der Waals surface area contributed by atoms with E-state index in [4.69, 9.17) is 18.9 Å². The number of nitrogens with zero attached hydrogens (tertiary/aromatic N) is 3. The fourth-order valence-electron chi connectivity index (χ4n) is 4.70. The molecule has 0 spiro atoms. The van der Waals surface area contributed by atoms with Gasteiger partial charge in [-0.15, -0.1) is 5.10 Å². The third kappa shape index (κ3) is 6.24. The summed E-state index contributed by atoms with van der Waals surface area (Å²) in [4.78, 5) is 0. The molecule has 1 fully saturated rings. The van der Waals surface area contributed by atoms with Crippen LogP contribution >= 0.6 is 0 Å². The molecule has 8 nitrogen and oxygen atoms in total. The fraction of sp³-hybridized carbons (Fsp3) is 0.310. The summed E-state index contributed by atoms with van der Waals surface area (Å²) in [5.74, 6) is -4.27. The Morgan fingerprint density at radius 3 is 2.15 bits per heavy atom. The van der Waals surface area contributed by atoms with Gasteiger partial charge in [-0.2, -0.15) is 0 Å². The molecule has 3 aromatic carbocycles. The second-order valence-electron chi connectivity index (χ2n) is 9.36. The van der Waals surface area contributed by atoms with Gasteiger partial charge in [0.2, 0.25) is 0 Å². The van der Waals surface area contributed by atoms with Crippen molar-refractivity contribution >= 4 is 0 Å². The molecule has 0 aliphatic carbocycles. The summed E-state index contributed by atoms with van der Waals surface area (Å²) < 4.78 is 66.5. The van der Waals surface area contributed by atoms with Crippen LogP contribution < -0.4 is 0 Å². The Balaban J connectivity index is 1.44. The summed E-state index contributed by atoms with van der Waals surface area (Å²) >= 11 is 0. The maximum atomic E-state index is 13.9. The molecule has 210 valence electrons. The molecule has 1 aromatic heterocycles. The standard InChI is InChI=1S/C29H28F3N3O5/c1-37-28-26(35-14-23(33-34-35)20-12-21(30)25(32)22(31)13-20)27(39-16-19-10-6-3-7-11-19)24(40-29(28)36)17-38-15-18-8-4-2-5-9-18/h2-14,24,26-29,36H,15-17H2,1H3/t24?,26?,27-,28?,29+/m0/s1. The van der Waals surface area contributed by atoms with Gasteiger partial charge in [0, 0.05) is 12.7 Å². The minimum atomic E-state index is -1.57. The lowest BCUT2D eigenvalue weighted by atomic mass is 9.95. The Labute approximate surface area is 228 Å². The number of aliphatic hydroxyl groups is 1. The third-order valence-corrected chi connectivity index (χ3v) is 6.68. The molecular weight excluding hydrogens is 527 g/mol. The number of benzene rings is 3. The molecule has 0 saturated carbocycles. The predicted octanol–water partition coefficient (Wildman–Crippen LogP) is 4.44. The molecule has 5 atom stereocenters. The second kappa shape index (κ2) is 12.7. The van der Waals surface area contributed by atoms with Crippen molar-refractivity contribution < 1.29 is 37.2 Å². The van der Waals surface area contributed by atoms with Crippen molar-refractivity contribution in [2.24, 2.45) is 0 Å². The molecular formula is C29H28F3N3O5. The van der Waals surface area contributed by atoms with Crippen molar-refractivity contribution in [1.82, 2.24) is 15.0 Å². The maximum Gasteiger partial charge on any atom is 0.194 e. The zero-order valence-corrected chi connectivity index (χ0v) is 21.6. The van der Waals surface area contributed by atoms with Crippen LogP contribution in [0.5, 0.6) is 0 Å². The van der Waals surface area contributed by atoms with E-state index in [1.54, 1.807) is 0 Å². The Morgan fingerprint density at radius 2 is 1.52 bits per heavy atom. The van der Waals surface area contributed by atoms with Crippen LogP contribution in [0.3, 0.4) is 0 Å². The largest absolute Gasteiger partial charge is 0.374 e. The SMILES string of the molecule is COC1C(n2cc(-c3cc(F)c(F)c(F)c3)nn2)[C@@H](OCc2ccccc2)C(COCc2ccccc2)O[C@H]1O. The van der Waals surface area contributed by atoms with Gasteiger partial charge in [0.1, 0.15) is 30.0 Å². The number of hydrogen-bond acceptors (Lipinski definition) is 7. The van der Waals surface area contributed by atoms with Gasteiger partial charge >= 0.3 is 0 Å². The number of ether oxygens (including phenoxy) is 4. The molecule has 40 heavy (non-hydrogen) atoms. The third-order valence-electron chi connectivity index (χ3n) is 6.68. The molecule has 4 aromatic rings. The molecule has 0 bridgehead atoms.